The fourth-order valence-electron chi connectivity index (χ4n) is 2.70. The van der Waals surface area contributed by atoms with E-state index in [1.165, 1.54) is 4.57 Å². The SMILES string of the molecule is CCN(C)c1ccccc1Cn1c(=O)[nH]c2ccccc2c1=O. The van der Waals surface area contributed by atoms with Crippen LogP contribution < -0.4 is 16.1 Å². The average molecular weight is 309 g/mol. The van der Waals surface area contributed by atoms with Gasteiger partial charge in [0.25, 0.3) is 5.56 Å². The topological polar surface area (TPSA) is 58.1 Å². The molecular weight excluding hydrogens is 290 g/mol. The second kappa shape index (κ2) is 6.12. The summed E-state index contributed by atoms with van der Waals surface area (Å²) in [6, 6.07) is 14.9. The van der Waals surface area contributed by atoms with Gasteiger partial charge >= 0.3 is 5.69 Å². The zero-order valence-corrected chi connectivity index (χ0v) is 13.2. The van der Waals surface area contributed by atoms with Crippen molar-refractivity contribution in [3.05, 3.63) is 74.9 Å². The molecule has 0 atom stereocenters. The van der Waals surface area contributed by atoms with Crippen molar-refractivity contribution in [1.29, 1.82) is 0 Å². The number of benzene rings is 2. The summed E-state index contributed by atoms with van der Waals surface area (Å²) in [5, 5.41) is 0.522. The molecule has 0 radical (unpaired) electrons. The maximum atomic E-state index is 12.6. The van der Waals surface area contributed by atoms with E-state index in [0.29, 0.717) is 10.9 Å². The molecule has 0 bridgehead atoms. The molecule has 118 valence electrons. The molecule has 3 aromatic rings. The molecule has 0 aliphatic rings. The molecule has 2 aromatic carbocycles. The fraction of sp³-hybridized carbons (Fsp3) is 0.222. The number of aromatic amines is 1. The first kappa shape index (κ1) is 15.1. The van der Waals surface area contributed by atoms with Gasteiger partial charge in [0.1, 0.15) is 0 Å². The second-order valence-corrected chi connectivity index (χ2v) is 5.51. The highest BCUT2D eigenvalue weighted by Crippen LogP contribution is 2.19. The van der Waals surface area contributed by atoms with Crippen molar-refractivity contribution in [3.63, 3.8) is 0 Å². The third-order valence-electron chi connectivity index (χ3n) is 4.10. The van der Waals surface area contributed by atoms with Crippen LogP contribution >= 0.6 is 0 Å². The van der Waals surface area contributed by atoms with Crippen molar-refractivity contribution in [2.45, 2.75) is 13.5 Å². The van der Waals surface area contributed by atoms with E-state index in [9.17, 15) is 9.59 Å². The third-order valence-corrected chi connectivity index (χ3v) is 4.10. The van der Waals surface area contributed by atoms with Crippen molar-refractivity contribution in [1.82, 2.24) is 9.55 Å². The molecule has 23 heavy (non-hydrogen) atoms. The van der Waals surface area contributed by atoms with Gasteiger partial charge in [0.15, 0.2) is 0 Å². The summed E-state index contributed by atoms with van der Waals surface area (Å²) in [6.07, 6.45) is 0. The molecule has 1 heterocycles. The maximum Gasteiger partial charge on any atom is 0.329 e. The predicted molar refractivity (Wildman–Crippen MR) is 93.3 cm³/mol. The minimum absolute atomic E-state index is 0.250. The van der Waals surface area contributed by atoms with Crippen molar-refractivity contribution in [2.24, 2.45) is 0 Å². The molecule has 5 nitrogen and oxygen atoms in total. The zero-order valence-electron chi connectivity index (χ0n) is 13.2. The van der Waals surface area contributed by atoms with Crippen molar-refractivity contribution >= 4 is 16.6 Å². The molecule has 0 unspecified atom stereocenters. The monoisotopic (exact) mass is 309 g/mol. The normalized spacial score (nSPS) is 10.9. The Labute approximate surface area is 133 Å². The van der Waals surface area contributed by atoms with E-state index in [2.05, 4.69) is 16.8 Å². The molecule has 5 heteroatoms. The zero-order chi connectivity index (χ0) is 16.4. The van der Waals surface area contributed by atoms with Crippen LogP contribution in [0.25, 0.3) is 10.9 Å². The minimum atomic E-state index is -0.386. The van der Waals surface area contributed by atoms with E-state index in [1.54, 1.807) is 24.3 Å². The Morgan fingerprint density at radius 2 is 1.74 bits per heavy atom. The highest BCUT2D eigenvalue weighted by Gasteiger charge is 2.11. The van der Waals surface area contributed by atoms with E-state index in [-0.39, 0.29) is 17.8 Å². The number of nitrogens with zero attached hydrogens (tertiary/aromatic N) is 2. The molecule has 0 aliphatic heterocycles. The van der Waals surface area contributed by atoms with Gasteiger partial charge in [0, 0.05) is 19.3 Å². The number of rotatable bonds is 4. The first-order valence-corrected chi connectivity index (χ1v) is 7.62. The highest BCUT2D eigenvalue weighted by atomic mass is 16.2. The van der Waals surface area contributed by atoms with Crippen LogP contribution in [0.15, 0.2) is 58.1 Å². The Bertz CT molecular complexity index is 956. The van der Waals surface area contributed by atoms with Gasteiger partial charge in [-0.25, -0.2) is 4.79 Å². The summed E-state index contributed by atoms with van der Waals surface area (Å²) >= 11 is 0. The molecule has 0 spiro atoms. The van der Waals surface area contributed by atoms with Gasteiger partial charge in [0.05, 0.1) is 17.4 Å². The third kappa shape index (κ3) is 2.77. The van der Waals surface area contributed by atoms with Crippen LogP contribution in [0.2, 0.25) is 0 Å². The molecule has 1 N–H and O–H groups in total. The highest BCUT2D eigenvalue weighted by molar-refractivity contribution is 5.76. The van der Waals surface area contributed by atoms with E-state index in [1.807, 2.05) is 31.3 Å². The number of hydrogen-bond acceptors (Lipinski definition) is 3. The molecule has 0 aliphatic carbocycles. The second-order valence-electron chi connectivity index (χ2n) is 5.51. The summed E-state index contributed by atoms with van der Waals surface area (Å²) in [4.78, 5) is 29.8. The number of fused-ring (bicyclic) bond motifs is 1. The van der Waals surface area contributed by atoms with Crippen LogP contribution in [0, 0.1) is 0 Å². The summed E-state index contributed by atoms with van der Waals surface area (Å²) in [6.45, 7) is 3.16. The fourth-order valence-corrected chi connectivity index (χ4v) is 2.70. The van der Waals surface area contributed by atoms with Crippen molar-refractivity contribution < 1.29 is 0 Å². The smallest absolute Gasteiger partial charge is 0.329 e. The largest absolute Gasteiger partial charge is 0.375 e. The van der Waals surface area contributed by atoms with Gasteiger partial charge in [-0.1, -0.05) is 30.3 Å². The molecular formula is C18H19N3O2. The number of para-hydroxylation sites is 2. The predicted octanol–water partition coefficient (Wildman–Crippen LogP) is 2.19. The van der Waals surface area contributed by atoms with Gasteiger partial charge in [0.2, 0.25) is 0 Å². The van der Waals surface area contributed by atoms with Crippen molar-refractivity contribution in [2.75, 3.05) is 18.5 Å². The van der Waals surface area contributed by atoms with Gasteiger partial charge in [-0.05, 0) is 30.7 Å². The van der Waals surface area contributed by atoms with Crippen LogP contribution in [0.3, 0.4) is 0 Å². The van der Waals surface area contributed by atoms with E-state index >= 15 is 0 Å². The van der Waals surface area contributed by atoms with E-state index < -0.39 is 0 Å². The quantitative estimate of drug-likeness (QED) is 0.804. The number of hydrogen-bond donors (Lipinski definition) is 1. The summed E-state index contributed by atoms with van der Waals surface area (Å²) in [5.41, 5.74) is 1.88. The number of aromatic nitrogens is 2. The van der Waals surface area contributed by atoms with Crippen LogP contribution in [-0.2, 0) is 6.54 Å². The van der Waals surface area contributed by atoms with Crippen LogP contribution in [0.4, 0.5) is 5.69 Å². The summed E-state index contributed by atoms with van der Waals surface area (Å²) < 4.78 is 1.25. The van der Waals surface area contributed by atoms with Crippen LogP contribution in [0.5, 0.6) is 0 Å². The molecule has 0 saturated heterocycles. The standard InChI is InChI=1S/C18H19N3O2/c1-3-20(2)16-11-7-4-8-13(16)12-21-17(22)14-9-5-6-10-15(14)19-18(21)23/h4-11H,3,12H2,1-2H3,(H,19,23). The lowest BCUT2D eigenvalue weighted by Crippen LogP contribution is -2.35. The molecule has 1 aromatic heterocycles. The minimum Gasteiger partial charge on any atom is -0.375 e. The Balaban J connectivity index is 2.13. The molecule has 0 fully saturated rings. The van der Waals surface area contributed by atoms with Crippen LogP contribution in [0.1, 0.15) is 12.5 Å². The Hall–Kier alpha value is -2.82. The van der Waals surface area contributed by atoms with Gasteiger partial charge in [-0.15, -0.1) is 0 Å². The lowest BCUT2D eigenvalue weighted by molar-refractivity contribution is 0.709. The number of anilines is 1. The first-order chi connectivity index (χ1) is 11.1. The Morgan fingerprint density at radius 1 is 1.04 bits per heavy atom. The lowest BCUT2D eigenvalue weighted by atomic mass is 10.1. The lowest BCUT2D eigenvalue weighted by Gasteiger charge is -2.21. The van der Waals surface area contributed by atoms with E-state index in [0.717, 1.165) is 17.8 Å². The Kier molecular flexibility index (Phi) is 4.02. The molecule has 0 amide bonds. The number of nitrogens with one attached hydrogen (secondary N) is 1. The maximum absolute atomic E-state index is 12.6. The van der Waals surface area contributed by atoms with Crippen molar-refractivity contribution in [3.8, 4) is 0 Å². The number of H-pyrrole nitrogens is 1. The van der Waals surface area contributed by atoms with Gasteiger partial charge in [-0.2, -0.15) is 0 Å². The van der Waals surface area contributed by atoms with E-state index in [4.69, 9.17) is 0 Å². The van der Waals surface area contributed by atoms with Gasteiger partial charge < -0.3 is 9.88 Å². The average Bonchev–Trinajstić information content (AvgIpc) is 2.58. The summed E-state index contributed by atoms with van der Waals surface area (Å²) in [5.74, 6) is 0. The molecule has 0 saturated carbocycles. The van der Waals surface area contributed by atoms with Gasteiger partial charge in [-0.3, -0.25) is 9.36 Å². The Morgan fingerprint density at radius 3 is 2.52 bits per heavy atom. The summed E-state index contributed by atoms with van der Waals surface area (Å²) in [7, 11) is 1.99. The van der Waals surface area contributed by atoms with Crippen LogP contribution in [-0.4, -0.2) is 23.1 Å². The molecule has 3 rings (SSSR count). The first-order valence-electron chi connectivity index (χ1n) is 7.62.